The first-order valence-corrected chi connectivity index (χ1v) is 5.07. The van der Waals surface area contributed by atoms with Gasteiger partial charge in [-0.2, -0.15) is 4.98 Å². The third-order valence-corrected chi connectivity index (χ3v) is 2.30. The van der Waals surface area contributed by atoms with Crippen LogP contribution in [0.1, 0.15) is 0 Å². The fourth-order valence-corrected chi connectivity index (χ4v) is 1.47. The Labute approximate surface area is 99.5 Å². The second kappa shape index (κ2) is 4.02. The Hall–Kier alpha value is -2.57. The Balaban J connectivity index is 1.95. The molecule has 1 aromatic carbocycles. The van der Waals surface area contributed by atoms with Crippen LogP contribution >= 0.6 is 0 Å². The molecule has 2 N–H and O–H groups in total. The molecule has 3 aromatic rings. The highest BCUT2D eigenvalue weighted by Gasteiger charge is 2.15. The van der Waals surface area contributed by atoms with Crippen LogP contribution in [0, 0.1) is 11.6 Å². The van der Waals surface area contributed by atoms with Gasteiger partial charge in [-0.05, 0) is 12.1 Å². The molecule has 18 heavy (non-hydrogen) atoms. The Kier molecular flexibility index (Phi) is 2.36. The van der Waals surface area contributed by atoms with Crippen molar-refractivity contribution in [3.05, 3.63) is 42.4 Å². The number of benzene rings is 1. The number of hydrogen-bond acceptors (Lipinski definition) is 3. The first-order chi connectivity index (χ1) is 8.72. The standard InChI is InChI=1S/C11H6F2N4O/c12-6-1-2-9(7(13)3-6)18-11-14-4-8-10(17-11)16-5-15-8/h1-5H,(H,14,15,16,17)/p+1. The Morgan fingerprint density at radius 3 is 3.00 bits per heavy atom. The summed E-state index contributed by atoms with van der Waals surface area (Å²) in [6.45, 7) is 0. The lowest BCUT2D eigenvalue weighted by Crippen LogP contribution is -2.09. The molecular weight excluding hydrogens is 242 g/mol. The molecule has 0 fully saturated rings. The fraction of sp³-hybridized carbons (Fsp3) is 0. The molecule has 0 unspecified atom stereocenters. The number of ether oxygens (including phenoxy) is 1. The highest BCUT2D eigenvalue weighted by molar-refractivity contribution is 5.67. The minimum Gasteiger partial charge on any atom is -0.386 e. The van der Waals surface area contributed by atoms with Crippen molar-refractivity contribution in [3.63, 3.8) is 0 Å². The van der Waals surface area contributed by atoms with E-state index < -0.39 is 11.6 Å². The molecule has 5 nitrogen and oxygen atoms in total. The van der Waals surface area contributed by atoms with E-state index in [0.717, 1.165) is 12.1 Å². The third-order valence-electron chi connectivity index (χ3n) is 2.30. The predicted octanol–water partition coefficient (Wildman–Crippen LogP) is 1.84. The number of nitrogens with one attached hydrogen (secondary N) is 2. The first kappa shape index (κ1) is 10.6. The third kappa shape index (κ3) is 1.86. The summed E-state index contributed by atoms with van der Waals surface area (Å²) in [5, 5.41) is 0. The molecule has 0 saturated carbocycles. The quantitative estimate of drug-likeness (QED) is 0.753. The van der Waals surface area contributed by atoms with Crippen LogP contribution < -0.4 is 9.72 Å². The lowest BCUT2D eigenvalue weighted by atomic mass is 10.3. The average molecular weight is 249 g/mol. The van der Waals surface area contributed by atoms with Crippen molar-refractivity contribution in [2.24, 2.45) is 0 Å². The second-order valence-electron chi connectivity index (χ2n) is 3.52. The SMILES string of the molecule is Fc1ccc(Oc2nc3nc[nH]c3c[nH+]2)c(F)c1. The number of halogens is 2. The minimum absolute atomic E-state index is 0.0695. The molecule has 7 heteroatoms. The van der Waals surface area contributed by atoms with E-state index in [1.807, 2.05) is 0 Å². The van der Waals surface area contributed by atoms with E-state index in [9.17, 15) is 8.78 Å². The molecule has 0 aliphatic carbocycles. The number of aromatic nitrogens is 4. The molecule has 3 rings (SSSR count). The van der Waals surface area contributed by atoms with Crippen molar-refractivity contribution in [1.82, 2.24) is 15.0 Å². The van der Waals surface area contributed by atoms with Gasteiger partial charge in [-0.1, -0.05) is 0 Å². The molecule has 90 valence electrons. The number of imidazole rings is 1. The summed E-state index contributed by atoms with van der Waals surface area (Å²) in [6, 6.07) is 3.10. The topological polar surface area (TPSA) is 64.9 Å². The lowest BCUT2D eigenvalue weighted by molar-refractivity contribution is -0.394. The van der Waals surface area contributed by atoms with E-state index in [-0.39, 0.29) is 11.8 Å². The van der Waals surface area contributed by atoms with Crippen LogP contribution in [0.3, 0.4) is 0 Å². The van der Waals surface area contributed by atoms with Crippen LogP contribution in [-0.4, -0.2) is 15.0 Å². The number of H-pyrrole nitrogens is 2. The molecule has 0 saturated heterocycles. The second-order valence-corrected chi connectivity index (χ2v) is 3.52. The van der Waals surface area contributed by atoms with Crippen LogP contribution in [0.2, 0.25) is 0 Å². The zero-order valence-electron chi connectivity index (χ0n) is 8.95. The first-order valence-electron chi connectivity index (χ1n) is 5.07. The largest absolute Gasteiger partial charge is 0.504 e. The van der Waals surface area contributed by atoms with Gasteiger partial charge < -0.3 is 9.72 Å². The Morgan fingerprint density at radius 1 is 1.28 bits per heavy atom. The van der Waals surface area contributed by atoms with Crippen molar-refractivity contribution < 1.29 is 18.5 Å². The van der Waals surface area contributed by atoms with E-state index in [1.54, 1.807) is 6.20 Å². The molecule has 0 bridgehead atoms. The van der Waals surface area contributed by atoms with Gasteiger partial charge >= 0.3 is 6.01 Å². The molecule has 0 atom stereocenters. The molecule has 2 aromatic heterocycles. The molecule has 0 aliphatic rings. The van der Waals surface area contributed by atoms with Gasteiger partial charge in [-0.3, -0.25) is 0 Å². The summed E-state index contributed by atoms with van der Waals surface area (Å²) in [5.74, 6) is -1.58. The zero-order chi connectivity index (χ0) is 12.5. The molecular formula is C11H7F2N4O+. The smallest absolute Gasteiger partial charge is 0.386 e. The predicted molar refractivity (Wildman–Crippen MR) is 56.9 cm³/mol. The van der Waals surface area contributed by atoms with Crippen molar-refractivity contribution >= 4 is 11.2 Å². The van der Waals surface area contributed by atoms with E-state index in [2.05, 4.69) is 19.9 Å². The van der Waals surface area contributed by atoms with Crippen LogP contribution in [0.4, 0.5) is 8.78 Å². The maximum Gasteiger partial charge on any atom is 0.504 e. The zero-order valence-corrected chi connectivity index (χ0v) is 8.95. The van der Waals surface area contributed by atoms with Gasteiger partial charge in [0, 0.05) is 11.1 Å². The summed E-state index contributed by atoms with van der Waals surface area (Å²) < 4.78 is 31.3. The maximum absolute atomic E-state index is 13.4. The fourth-order valence-electron chi connectivity index (χ4n) is 1.47. The number of hydrogen-bond donors (Lipinski definition) is 1. The molecule has 0 radical (unpaired) electrons. The normalized spacial score (nSPS) is 10.8. The van der Waals surface area contributed by atoms with Crippen molar-refractivity contribution in [2.75, 3.05) is 0 Å². The summed E-state index contributed by atoms with van der Waals surface area (Å²) in [4.78, 5) is 13.5. The highest BCUT2D eigenvalue weighted by atomic mass is 19.1. The van der Waals surface area contributed by atoms with Gasteiger partial charge in [0.1, 0.15) is 12.0 Å². The van der Waals surface area contributed by atoms with Gasteiger partial charge in [-0.25, -0.2) is 13.8 Å². The van der Waals surface area contributed by atoms with E-state index >= 15 is 0 Å². The van der Waals surface area contributed by atoms with E-state index in [1.165, 1.54) is 12.4 Å². The summed E-state index contributed by atoms with van der Waals surface area (Å²) >= 11 is 0. The van der Waals surface area contributed by atoms with Crippen LogP contribution in [0.15, 0.2) is 30.7 Å². The van der Waals surface area contributed by atoms with Crippen LogP contribution in [0.25, 0.3) is 11.2 Å². The van der Waals surface area contributed by atoms with Gasteiger partial charge in [0.2, 0.25) is 0 Å². The van der Waals surface area contributed by atoms with Crippen LogP contribution in [0.5, 0.6) is 11.8 Å². The maximum atomic E-state index is 13.4. The number of fused-ring (bicyclic) bond motifs is 1. The van der Waals surface area contributed by atoms with Gasteiger partial charge in [-0.15, -0.1) is 0 Å². The molecule has 0 aliphatic heterocycles. The molecule has 0 amide bonds. The lowest BCUT2D eigenvalue weighted by Gasteiger charge is -2.00. The number of nitrogens with zero attached hydrogens (tertiary/aromatic N) is 2. The van der Waals surface area contributed by atoms with Gasteiger partial charge in [0.05, 0.1) is 6.33 Å². The number of aromatic amines is 2. The monoisotopic (exact) mass is 249 g/mol. The minimum atomic E-state index is -0.799. The average Bonchev–Trinajstić information content (AvgIpc) is 2.80. The summed E-state index contributed by atoms with van der Waals surface area (Å²) in [6.07, 6.45) is 3.07. The summed E-state index contributed by atoms with van der Waals surface area (Å²) in [7, 11) is 0. The van der Waals surface area contributed by atoms with E-state index in [4.69, 9.17) is 4.74 Å². The van der Waals surface area contributed by atoms with Gasteiger partial charge in [0.15, 0.2) is 17.1 Å². The van der Waals surface area contributed by atoms with Crippen molar-refractivity contribution in [1.29, 1.82) is 0 Å². The number of rotatable bonds is 2. The van der Waals surface area contributed by atoms with E-state index in [0.29, 0.717) is 11.2 Å². The Bertz CT molecular complexity index is 713. The molecule has 2 heterocycles. The van der Waals surface area contributed by atoms with Gasteiger partial charge in [0.25, 0.3) is 5.65 Å². The molecule has 0 spiro atoms. The highest BCUT2D eigenvalue weighted by Crippen LogP contribution is 2.21. The Morgan fingerprint density at radius 2 is 2.17 bits per heavy atom. The van der Waals surface area contributed by atoms with Crippen LogP contribution in [-0.2, 0) is 0 Å². The van der Waals surface area contributed by atoms with Crippen molar-refractivity contribution in [2.45, 2.75) is 0 Å². The van der Waals surface area contributed by atoms with Crippen molar-refractivity contribution in [3.8, 4) is 11.8 Å². The summed E-state index contributed by atoms with van der Waals surface area (Å²) in [5.41, 5.74) is 1.13.